The SMILES string of the molecule is Cc1cc(-c2scnc2C)ccc1CNC(=O)C1CCCN1C(=O)[C@H](C(C)C)N1Cc2ccccc2C1=O. The first-order chi connectivity index (χ1) is 18.3. The van der Waals surface area contributed by atoms with E-state index in [4.69, 9.17) is 0 Å². The number of nitrogens with zero attached hydrogens (tertiary/aromatic N) is 3. The van der Waals surface area contributed by atoms with Crippen LogP contribution in [0.4, 0.5) is 0 Å². The van der Waals surface area contributed by atoms with Crippen molar-refractivity contribution in [3.63, 3.8) is 0 Å². The van der Waals surface area contributed by atoms with Gasteiger partial charge in [-0.1, -0.05) is 50.2 Å². The molecule has 5 rings (SSSR count). The average molecular weight is 531 g/mol. The lowest BCUT2D eigenvalue weighted by Crippen LogP contribution is -2.55. The normalized spacial score (nSPS) is 17.7. The minimum atomic E-state index is -0.603. The second kappa shape index (κ2) is 10.7. The van der Waals surface area contributed by atoms with E-state index in [1.807, 2.05) is 63.5 Å². The van der Waals surface area contributed by atoms with Crippen molar-refractivity contribution in [1.82, 2.24) is 20.1 Å². The third-order valence-corrected chi connectivity index (χ3v) is 8.69. The summed E-state index contributed by atoms with van der Waals surface area (Å²) in [5.74, 6) is -0.468. The predicted molar refractivity (Wildman–Crippen MR) is 149 cm³/mol. The Balaban J connectivity index is 1.27. The maximum Gasteiger partial charge on any atom is 0.255 e. The van der Waals surface area contributed by atoms with Crippen LogP contribution in [-0.2, 0) is 22.7 Å². The molecule has 0 radical (unpaired) electrons. The Morgan fingerprint density at radius 1 is 1.16 bits per heavy atom. The first kappa shape index (κ1) is 26.1. The Morgan fingerprint density at radius 3 is 2.63 bits per heavy atom. The standard InChI is InChI=1S/C30H34N4O3S/c1-18(2)26(34-16-23-8-5-6-9-24(23)29(34)36)30(37)33-13-7-10-25(33)28(35)31-15-22-12-11-21(14-19(22)3)27-20(4)32-17-38-27/h5-6,8-9,11-12,14,17-18,25-26H,7,10,13,15-16H2,1-4H3,(H,31,35)/t25?,26-/m0/s1. The maximum atomic E-state index is 13.8. The molecule has 3 heterocycles. The molecule has 2 aliphatic rings. The van der Waals surface area contributed by atoms with Crippen molar-refractivity contribution in [3.8, 4) is 10.4 Å². The van der Waals surface area contributed by atoms with Crippen LogP contribution in [0.3, 0.4) is 0 Å². The lowest BCUT2D eigenvalue weighted by Gasteiger charge is -2.35. The van der Waals surface area contributed by atoms with Crippen molar-refractivity contribution in [2.75, 3.05) is 6.54 Å². The summed E-state index contributed by atoms with van der Waals surface area (Å²) in [6, 6.07) is 12.6. The topological polar surface area (TPSA) is 82.6 Å². The molecule has 0 bridgehead atoms. The summed E-state index contributed by atoms with van der Waals surface area (Å²) in [4.78, 5) is 49.2. The lowest BCUT2D eigenvalue weighted by molar-refractivity contribution is -0.143. The maximum absolute atomic E-state index is 13.8. The van der Waals surface area contributed by atoms with Crippen LogP contribution < -0.4 is 5.32 Å². The number of carbonyl (C=O) groups excluding carboxylic acids is 3. The lowest BCUT2D eigenvalue weighted by atomic mass is 10.00. The molecule has 2 atom stereocenters. The van der Waals surface area contributed by atoms with Crippen LogP contribution in [0.25, 0.3) is 10.4 Å². The van der Waals surface area contributed by atoms with Gasteiger partial charge < -0.3 is 15.1 Å². The Kier molecular flexibility index (Phi) is 7.34. The molecule has 1 aromatic heterocycles. The molecule has 1 N–H and O–H groups in total. The van der Waals surface area contributed by atoms with E-state index in [-0.39, 0.29) is 23.6 Å². The molecular weight excluding hydrogens is 496 g/mol. The van der Waals surface area contributed by atoms with Gasteiger partial charge in [-0.15, -0.1) is 11.3 Å². The van der Waals surface area contributed by atoms with Crippen LogP contribution in [-0.4, -0.2) is 51.1 Å². The van der Waals surface area contributed by atoms with Gasteiger partial charge in [0.05, 0.1) is 16.1 Å². The monoisotopic (exact) mass is 530 g/mol. The largest absolute Gasteiger partial charge is 0.350 e. The summed E-state index contributed by atoms with van der Waals surface area (Å²) in [6.45, 7) is 9.33. The summed E-state index contributed by atoms with van der Waals surface area (Å²) < 4.78 is 0. The van der Waals surface area contributed by atoms with Gasteiger partial charge in [-0.2, -0.15) is 0 Å². The molecule has 0 saturated carbocycles. The highest BCUT2D eigenvalue weighted by molar-refractivity contribution is 7.13. The Hall–Kier alpha value is -3.52. The number of likely N-dealkylation sites (tertiary alicyclic amines) is 1. The van der Waals surface area contributed by atoms with E-state index in [9.17, 15) is 14.4 Å². The number of rotatable bonds is 7. The van der Waals surface area contributed by atoms with E-state index in [2.05, 4.69) is 22.4 Å². The fourth-order valence-corrected chi connectivity index (χ4v) is 6.47. The number of aryl methyl sites for hydroxylation is 2. The van der Waals surface area contributed by atoms with Crippen LogP contribution in [0.15, 0.2) is 48.0 Å². The minimum absolute atomic E-state index is 0.0755. The van der Waals surface area contributed by atoms with E-state index >= 15 is 0 Å². The molecule has 0 spiro atoms. The van der Waals surface area contributed by atoms with Gasteiger partial charge in [-0.3, -0.25) is 14.4 Å². The molecule has 198 valence electrons. The molecule has 1 saturated heterocycles. The van der Waals surface area contributed by atoms with Crippen molar-refractivity contribution in [2.24, 2.45) is 5.92 Å². The second-order valence-corrected chi connectivity index (χ2v) is 11.4. The highest BCUT2D eigenvalue weighted by Gasteiger charge is 2.43. The van der Waals surface area contributed by atoms with E-state index in [0.29, 0.717) is 31.6 Å². The summed E-state index contributed by atoms with van der Waals surface area (Å²) in [5, 5.41) is 3.07. The van der Waals surface area contributed by atoms with E-state index < -0.39 is 12.1 Å². The molecule has 3 aromatic rings. The summed E-state index contributed by atoms with van der Waals surface area (Å²) >= 11 is 1.62. The zero-order chi connectivity index (χ0) is 27.0. The van der Waals surface area contributed by atoms with Crippen LogP contribution in [0, 0.1) is 19.8 Å². The Bertz CT molecular complexity index is 1380. The minimum Gasteiger partial charge on any atom is -0.350 e. The molecule has 3 amide bonds. The van der Waals surface area contributed by atoms with Gasteiger partial charge in [-0.25, -0.2) is 4.98 Å². The fourth-order valence-electron chi connectivity index (χ4n) is 5.67. The zero-order valence-electron chi connectivity index (χ0n) is 22.4. The van der Waals surface area contributed by atoms with Crippen molar-refractivity contribution in [1.29, 1.82) is 0 Å². The molecule has 2 aromatic carbocycles. The number of hydrogen-bond donors (Lipinski definition) is 1. The third-order valence-electron chi connectivity index (χ3n) is 7.71. The first-order valence-electron chi connectivity index (χ1n) is 13.2. The van der Waals surface area contributed by atoms with Gasteiger partial charge in [-0.05, 0) is 60.9 Å². The van der Waals surface area contributed by atoms with E-state index in [1.165, 1.54) is 0 Å². The van der Waals surface area contributed by atoms with Crippen molar-refractivity contribution < 1.29 is 14.4 Å². The van der Waals surface area contributed by atoms with Crippen LogP contribution in [0.2, 0.25) is 0 Å². The van der Waals surface area contributed by atoms with Crippen molar-refractivity contribution in [2.45, 2.75) is 65.7 Å². The van der Waals surface area contributed by atoms with Gasteiger partial charge in [0, 0.05) is 25.2 Å². The number of nitrogens with one attached hydrogen (secondary N) is 1. The van der Waals surface area contributed by atoms with Gasteiger partial charge in [0.25, 0.3) is 5.91 Å². The number of thiazole rings is 1. The number of hydrogen-bond acceptors (Lipinski definition) is 5. The Morgan fingerprint density at radius 2 is 1.95 bits per heavy atom. The van der Waals surface area contributed by atoms with Crippen molar-refractivity contribution in [3.05, 3.63) is 75.9 Å². The fraction of sp³-hybridized carbons (Fsp3) is 0.400. The smallest absolute Gasteiger partial charge is 0.255 e. The van der Waals surface area contributed by atoms with Crippen LogP contribution in [0.5, 0.6) is 0 Å². The summed E-state index contributed by atoms with van der Waals surface area (Å²) in [5.41, 5.74) is 7.74. The summed E-state index contributed by atoms with van der Waals surface area (Å²) in [7, 11) is 0. The number of aromatic nitrogens is 1. The number of fused-ring (bicyclic) bond motifs is 1. The van der Waals surface area contributed by atoms with Gasteiger partial charge in [0.1, 0.15) is 12.1 Å². The molecule has 38 heavy (non-hydrogen) atoms. The molecular formula is C30H34N4O3S. The number of amides is 3. The molecule has 8 heteroatoms. The molecule has 2 aliphatic heterocycles. The van der Waals surface area contributed by atoms with Gasteiger partial charge in [0.2, 0.25) is 11.8 Å². The van der Waals surface area contributed by atoms with Crippen LogP contribution in [0.1, 0.15) is 59.4 Å². The third kappa shape index (κ3) is 4.85. The number of benzene rings is 2. The zero-order valence-corrected chi connectivity index (χ0v) is 23.2. The first-order valence-corrected chi connectivity index (χ1v) is 14.1. The molecule has 7 nitrogen and oxygen atoms in total. The Labute approximate surface area is 227 Å². The average Bonchev–Trinajstić information content (AvgIpc) is 3.63. The second-order valence-electron chi connectivity index (χ2n) is 10.6. The predicted octanol–water partition coefficient (Wildman–Crippen LogP) is 4.71. The quantitative estimate of drug-likeness (QED) is 0.480. The molecule has 0 aliphatic carbocycles. The van der Waals surface area contributed by atoms with Gasteiger partial charge >= 0.3 is 0 Å². The molecule has 1 unspecified atom stereocenters. The van der Waals surface area contributed by atoms with Crippen LogP contribution >= 0.6 is 11.3 Å². The van der Waals surface area contributed by atoms with E-state index in [1.54, 1.807) is 21.1 Å². The highest BCUT2D eigenvalue weighted by atomic mass is 32.1. The highest BCUT2D eigenvalue weighted by Crippen LogP contribution is 2.31. The summed E-state index contributed by atoms with van der Waals surface area (Å²) in [6.07, 6.45) is 1.39. The molecule has 1 fully saturated rings. The van der Waals surface area contributed by atoms with Gasteiger partial charge in [0.15, 0.2) is 0 Å². The number of carbonyl (C=O) groups is 3. The van der Waals surface area contributed by atoms with E-state index in [0.717, 1.165) is 39.2 Å². The van der Waals surface area contributed by atoms with Crippen molar-refractivity contribution >= 4 is 29.1 Å².